The molecule has 0 aliphatic rings. The highest BCUT2D eigenvalue weighted by Gasteiger charge is 2.38. The molecule has 0 N–H and O–H groups in total. The summed E-state index contributed by atoms with van der Waals surface area (Å²) in [4.78, 5) is 0. The van der Waals surface area contributed by atoms with Crippen molar-refractivity contribution < 1.29 is 0 Å². The Balaban J connectivity index is 1.80. The first-order valence-corrected chi connectivity index (χ1v) is 11.1. The number of aromatic nitrogens is 3. The predicted molar refractivity (Wildman–Crippen MR) is 134 cm³/mol. The number of fused-ring (bicyclic) bond motifs is 3. The predicted octanol–water partition coefficient (Wildman–Crippen LogP) is 6.52. The fraction of sp³-hybridized carbons (Fsp3) is 0.172. The van der Waals surface area contributed by atoms with Crippen molar-refractivity contribution in [3.05, 3.63) is 108 Å². The second kappa shape index (κ2) is 6.64. The molecule has 0 spiro atoms. The molecule has 6 aromatic rings. The van der Waals surface area contributed by atoms with E-state index in [0.717, 1.165) is 0 Å². The molecule has 0 atom stereocenters. The summed E-state index contributed by atoms with van der Waals surface area (Å²) >= 11 is 0. The van der Waals surface area contributed by atoms with Gasteiger partial charge in [0.05, 0.1) is 0 Å². The van der Waals surface area contributed by atoms with E-state index in [-0.39, 0.29) is 5.41 Å². The van der Waals surface area contributed by atoms with Crippen molar-refractivity contribution in [3.8, 4) is 0 Å². The lowest BCUT2D eigenvalue weighted by Crippen LogP contribution is -2.25. The summed E-state index contributed by atoms with van der Waals surface area (Å²) in [5.41, 5.74) is 7.45. The van der Waals surface area contributed by atoms with Crippen molar-refractivity contribution in [2.45, 2.75) is 12.3 Å². The van der Waals surface area contributed by atoms with E-state index >= 15 is 0 Å². The van der Waals surface area contributed by atoms with Gasteiger partial charge in [0.1, 0.15) is 0 Å². The van der Waals surface area contributed by atoms with Crippen LogP contribution in [0, 0.1) is 0 Å². The molecule has 3 nitrogen and oxygen atoms in total. The van der Waals surface area contributed by atoms with Gasteiger partial charge in [-0.1, -0.05) is 54.6 Å². The minimum Gasteiger partial charge on any atom is -0.350 e. The summed E-state index contributed by atoms with van der Waals surface area (Å²) in [5.74, 6) is 0. The smallest absolute Gasteiger partial charge is 0.0486 e. The van der Waals surface area contributed by atoms with Crippen molar-refractivity contribution >= 4 is 32.7 Å². The fourth-order valence-corrected chi connectivity index (χ4v) is 5.66. The normalized spacial score (nSPS) is 12.4. The van der Waals surface area contributed by atoms with Crippen LogP contribution in [0.15, 0.2) is 91.4 Å². The number of aryl methyl sites for hydroxylation is 3. The van der Waals surface area contributed by atoms with Crippen LogP contribution < -0.4 is 0 Å². The van der Waals surface area contributed by atoms with Crippen LogP contribution in [0.1, 0.15) is 23.6 Å². The standard InChI is InChI=1S/C29H27N3/c1-29(23-17-30(2)26-14-8-5-11-20(23)26,24-18-31(3)27-15-9-6-12-21(24)27)25-19-32(4)28-16-10-7-13-22(25)28/h5-19H,1-4H3. The molecule has 3 heteroatoms. The molecule has 0 saturated carbocycles. The van der Waals surface area contributed by atoms with Gasteiger partial charge >= 0.3 is 0 Å². The Morgan fingerprint density at radius 1 is 0.469 bits per heavy atom. The Kier molecular flexibility index (Phi) is 3.94. The molecule has 0 radical (unpaired) electrons. The van der Waals surface area contributed by atoms with Gasteiger partial charge in [-0.3, -0.25) is 0 Å². The van der Waals surface area contributed by atoms with Gasteiger partial charge in [-0.2, -0.15) is 0 Å². The molecule has 6 rings (SSSR count). The average molecular weight is 418 g/mol. The number of nitrogens with zero attached hydrogens (tertiary/aromatic N) is 3. The van der Waals surface area contributed by atoms with Crippen LogP contribution in [0.5, 0.6) is 0 Å². The Morgan fingerprint density at radius 3 is 1.06 bits per heavy atom. The van der Waals surface area contributed by atoms with E-state index in [4.69, 9.17) is 0 Å². The Morgan fingerprint density at radius 2 is 0.750 bits per heavy atom. The molecular formula is C29H27N3. The van der Waals surface area contributed by atoms with Gasteiger partial charge < -0.3 is 13.7 Å². The van der Waals surface area contributed by atoms with Crippen LogP contribution in [-0.4, -0.2) is 13.7 Å². The molecule has 3 aromatic carbocycles. The second-order valence-electron chi connectivity index (χ2n) is 9.14. The first kappa shape index (κ1) is 19.0. The maximum atomic E-state index is 2.40. The van der Waals surface area contributed by atoms with Crippen molar-refractivity contribution in [1.29, 1.82) is 0 Å². The van der Waals surface area contributed by atoms with Crippen LogP contribution in [0.25, 0.3) is 32.7 Å². The highest BCUT2D eigenvalue weighted by Crippen LogP contribution is 2.47. The summed E-state index contributed by atoms with van der Waals surface area (Å²) in [6, 6.07) is 26.3. The summed E-state index contributed by atoms with van der Waals surface area (Å²) in [7, 11) is 6.45. The van der Waals surface area contributed by atoms with E-state index in [1.165, 1.54) is 49.4 Å². The van der Waals surface area contributed by atoms with Crippen LogP contribution >= 0.6 is 0 Å². The quantitative estimate of drug-likeness (QED) is 0.311. The maximum Gasteiger partial charge on any atom is 0.0486 e. The van der Waals surface area contributed by atoms with E-state index in [0.29, 0.717) is 0 Å². The minimum absolute atomic E-state index is 0.331. The molecule has 0 aliphatic carbocycles. The molecule has 32 heavy (non-hydrogen) atoms. The van der Waals surface area contributed by atoms with E-state index in [1.807, 2.05) is 0 Å². The van der Waals surface area contributed by atoms with E-state index in [1.54, 1.807) is 0 Å². The molecule has 3 aromatic heterocycles. The zero-order valence-electron chi connectivity index (χ0n) is 19.0. The van der Waals surface area contributed by atoms with Gasteiger partial charge in [-0.25, -0.2) is 0 Å². The number of rotatable bonds is 3. The van der Waals surface area contributed by atoms with Gasteiger partial charge in [0, 0.05) is 77.9 Å². The second-order valence-corrected chi connectivity index (χ2v) is 9.14. The summed E-state index contributed by atoms with van der Waals surface area (Å²) in [6.07, 6.45) is 6.98. The van der Waals surface area contributed by atoms with Crippen LogP contribution in [0.3, 0.4) is 0 Å². The Hall–Kier alpha value is -3.72. The van der Waals surface area contributed by atoms with Gasteiger partial charge in [0.25, 0.3) is 0 Å². The third-order valence-electron chi connectivity index (χ3n) is 7.31. The fourth-order valence-electron chi connectivity index (χ4n) is 5.66. The van der Waals surface area contributed by atoms with Gasteiger partial charge in [0.2, 0.25) is 0 Å². The molecule has 0 fully saturated rings. The number of benzene rings is 3. The molecule has 0 amide bonds. The lowest BCUT2D eigenvalue weighted by Gasteiger charge is -2.30. The first-order chi connectivity index (χ1) is 15.5. The minimum atomic E-state index is -0.331. The third kappa shape index (κ3) is 2.42. The Labute approximate surface area is 188 Å². The third-order valence-corrected chi connectivity index (χ3v) is 7.31. The lowest BCUT2D eigenvalue weighted by molar-refractivity contribution is 0.698. The molecular weight excluding hydrogens is 390 g/mol. The van der Waals surface area contributed by atoms with Gasteiger partial charge in [-0.05, 0) is 41.8 Å². The summed E-state index contributed by atoms with van der Waals surface area (Å²) < 4.78 is 6.79. The van der Waals surface area contributed by atoms with Gasteiger partial charge in [0.15, 0.2) is 0 Å². The first-order valence-electron chi connectivity index (χ1n) is 11.1. The van der Waals surface area contributed by atoms with Crippen LogP contribution in [0.4, 0.5) is 0 Å². The summed E-state index contributed by atoms with van der Waals surface area (Å²) in [6.45, 7) is 2.40. The maximum absolute atomic E-state index is 2.40. The molecule has 0 aliphatic heterocycles. The lowest BCUT2D eigenvalue weighted by atomic mass is 9.71. The zero-order valence-corrected chi connectivity index (χ0v) is 19.0. The van der Waals surface area contributed by atoms with Crippen LogP contribution in [-0.2, 0) is 26.6 Å². The molecule has 0 bridgehead atoms. The highest BCUT2D eigenvalue weighted by molar-refractivity contribution is 5.94. The molecule has 158 valence electrons. The number of para-hydroxylation sites is 3. The monoisotopic (exact) mass is 417 g/mol. The summed E-state index contributed by atoms with van der Waals surface area (Å²) in [5, 5.41) is 3.91. The largest absolute Gasteiger partial charge is 0.350 e. The number of hydrogen-bond acceptors (Lipinski definition) is 0. The molecule has 0 unspecified atom stereocenters. The average Bonchev–Trinajstić information content (AvgIpc) is 3.47. The van der Waals surface area contributed by atoms with E-state index in [2.05, 4.69) is 133 Å². The van der Waals surface area contributed by atoms with Crippen LogP contribution in [0.2, 0.25) is 0 Å². The highest BCUT2D eigenvalue weighted by atomic mass is 14.9. The SMILES string of the molecule is Cn1cc(C(C)(c2cn(C)c3ccccc23)c2cn(C)c3ccccc23)c2ccccc21. The van der Waals surface area contributed by atoms with Crippen molar-refractivity contribution in [2.75, 3.05) is 0 Å². The zero-order chi connectivity index (χ0) is 22.0. The Bertz CT molecular complexity index is 1430. The van der Waals surface area contributed by atoms with E-state index in [9.17, 15) is 0 Å². The van der Waals surface area contributed by atoms with Crippen molar-refractivity contribution in [2.24, 2.45) is 21.1 Å². The molecule has 3 heterocycles. The van der Waals surface area contributed by atoms with E-state index < -0.39 is 0 Å². The van der Waals surface area contributed by atoms with Gasteiger partial charge in [-0.15, -0.1) is 0 Å². The number of hydrogen-bond donors (Lipinski definition) is 0. The molecule has 0 saturated heterocycles. The topological polar surface area (TPSA) is 14.8 Å². The van der Waals surface area contributed by atoms with Crippen molar-refractivity contribution in [3.63, 3.8) is 0 Å². The van der Waals surface area contributed by atoms with Crippen molar-refractivity contribution in [1.82, 2.24) is 13.7 Å².